The van der Waals surface area contributed by atoms with Crippen molar-refractivity contribution in [2.24, 2.45) is 0 Å². The molecule has 3 rings (SSSR count). The summed E-state index contributed by atoms with van der Waals surface area (Å²) >= 11 is 0. The lowest BCUT2D eigenvalue weighted by Crippen LogP contribution is -2.45. The van der Waals surface area contributed by atoms with E-state index in [1.54, 1.807) is 24.5 Å². The smallest absolute Gasteiger partial charge is 0.260 e. The van der Waals surface area contributed by atoms with Gasteiger partial charge in [0.25, 0.3) is 11.5 Å². The van der Waals surface area contributed by atoms with E-state index in [1.807, 2.05) is 12.1 Å². The van der Waals surface area contributed by atoms with E-state index in [0.29, 0.717) is 0 Å². The van der Waals surface area contributed by atoms with Crippen molar-refractivity contribution in [2.45, 2.75) is 25.4 Å². The molecule has 3 heterocycles. The van der Waals surface area contributed by atoms with Crippen molar-refractivity contribution in [3.63, 3.8) is 0 Å². The molecule has 0 spiro atoms. The van der Waals surface area contributed by atoms with Crippen LogP contribution in [0.5, 0.6) is 0 Å². The molecule has 6 heteroatoms. The zero-order valence-corrected chi connectivity index (χ0v) is 12.9. The summed E-state index contributed by atoms with van der Waals surface area (Å²) in [5, 5.41) is 2.96. The molecule has 1 aliphatic heterocycles. The average molecular weight is 312 g/mol. The van der Waals surface area contributed by atoms with Crippen molar-refractivity contribution >= 4 is 5.91 Å². The number of aromatic amines is 1. The van der Waals surface area contributed by atoms with Crippen molar-refractivity contribution in [2.75, 3.05) is 13.1 Å². The van der Waals surface area contributed by atoms with Gasteiger partial charge in [-0.1, -0.05) is 0 Å². The summed E-state index contributed by atoms with van der Waals surface area (Å²) in [5.74, 6) is -0.292. The van der Waals surface area contributed by atoms with Gasteiger partial charge >= 0.3 is 0 Å². The quantitative estimate of drug-likeness (QED) is 0.888. The summed E-state index contributed by atoms with van der Waals surface area (Å²) < 4.78 is 0. The van der Waals surface area contributed by atoms with Gasteiger partial charge in [-0.2, -0.15) is 0 Å². The van der Waals surface area contributed by atoms with Gasteiger partial charge in [-0.05, 0) is 42.7 Å². The Morgan fingerprint density at radius 2 is 2.00 bits per heavy atom. The molecule has 1 amide bonds. The van der Waals surface area contributed by atoms with Crippen molar-refractivity contribution in [1.29, 1.82) is 0 Å². The number of nitrogens with zero attached hydrogens (tertiary/aromatic N) is 2. The first-order valence-electron chi connectivity index (χ1n) is 7.82. The second-order valence-corrected chi connectivity index (χ2v) is 5.79. The highest BCUT2D eigenvalue weighted by molar-refractivity contribution is 5.93. The maximum absolute atomic E-state index is 12.2. The van der Waals surface area contributed by atoms with Crippen LogP contribution in [0.2, 0.25) is 0 Å². The van der Waals surface area contributed by atoms with Crippen LogP contribution in [0.1, 0.15) is 28.8 Å². The lowest BCUT2D eigenvalue weighted by atomic mass is 10.0. The number of rotatable bonds is 4. The first-order valence-corrected chi connectivity index (χ1v) is 7.82. The van der Waals surface area contributed by atoms with Gasteiger partial charge in [0, 0.05) is 44.3 Å². The third-order valence-electron chi connectivity index (χ3n) is 4.14. The number of piperidine rings is 1. The molecule has 1 aliphatic rings. The van der Waals surface area contributed by atoms with Crippen LogP contribution in [0, 0.1) is 0 Å². The number of carbonyl (C=O) groups is 1. The Labute approximate surface area is 134 Å². The largest absolute Gasteiger partial charge is 0.349 e. The summed E-state index contributed by atoms with van der Waals surface area (Å²) in [5.41, 5.74) is 1.07. The second-order valence-electron chi connectivity index (χ2n) is 5.79. The Hall–Kier alpha value is -2.47. The van der Waals surface area contributed by atoms with Crippen LogP contribution in [0.25, 0.3) is 0 Å². The van der Waals surface area contributed by atoms with Gasteiger partial charge in [0.15, 0.2) is 0 Å². The van der Waals surface area contributed by atoms with Crippen molar-refractivity contribution in [3.8, 4) is 0 Å². The summed E-state index contributed by atoms with van der Waals surface area (Å²) in [6.07, 6.45) is 6.92. The molecule has 120 valence electrons. The fraction of sp³-hybridized carbons (Fsp3) is 0.353. The second kappa shape index (κ2) is 7.19. The van der Waals surface area contributed by atoms with Gasteiger partial charge in [-0.25, -0.2) is 0 Å². The van der Waals surface area contributed by atoms with Crippen molar-refractivity contribution < 1.29 is 4.79 Å². The highest BCUT2D eigenvalue weighted by Gasteiger charge is 2.22. The van der Waals surface area contributed by atoms with Crippen LogP contribution in [-0.4, -0.2) is 39.9 Å². The van der Waals surface area contributed by atoms with Crippen LogP contribution < -0.4 is 10.9 Å². The Morgan fingerprint density at radius 1 is 1.26 bits per heavy atom. The molecular weight excluding hydrogens is 292 g/mol. The Kier molecular flexibility index (Phi) is 4.83. The molecule has 1 saturated heterocycles. The SMILES string of the molecule is O=C(NC1CCN(Cc2ccncc2)CC1)c1ccc[nH]c1=O. The fourth-order valence-electron chi connectivity index (χ4n) is 2.85. The molecule has 6 nitrogen and oxygen atoms in total. The minimum absolute atomic E-state index is 0.121. The molecule has 0 unspecified atom stereocenters. The summed E-state index contributed by atoms with van der Waals surface area (Å²) in [6, 6.07) is 7.38. The maximum Gasteiger partial charge on any atom is 0.260 e. The molecule has 0 aromatic carbocycles. The first kappa shape index (κ1) is 15.4. The molecule has 0 saturated carbocycles. The number of amides is 1. The van der Waals surface area contributed by atoms with Crippen LogP contribution >= 0.6 is 0 Å². The summed E-state index contributed by atoms with van der Waals surface area (Å²) in [6.45, 7) is 2.76. The molecular formula is C17H20N4O2. The number of hydrogen-bond acceptors (Lipinski definition) is 4. The summed E-state index contributed by atoms with van der Waals surface area (Å²) in [4.78, 5) is 32.7. The standard InChI is InChI=1S/C17H20N4O2/c22-16-15(2-1-7-19-16)17(23)20-14-5-10-21(11-6-14)12-13-3-8-18-9-4-13/h1-4,7-9,14H,5-6,10-12H2,(H,19,22)(H,20,23). The number of H-pyrrole nitrogens is 1. The van der Waals surface area contributed by atoms with Crippen LogP contribution in [0.4, 0.5) is 0 Å². The Bertz CT molecular complexity index is 706. The number of hydrogen-bond donors (Lipinski definition) is 2. The maximum atomic E-state index is 12.2. The van der Waals surface area contributed by atoms with Gasteiger partial charge in [0.1, 0.15) is 5.56 Å². The van der Waals surface area contributed by atoms with E-state index in [9.17, 15) is 9.59 Å². The minimum atomic E-state index is -0.347. The normalized spacial score (nSPS) is 16.2. The van der Waals surface area contributed by atoms with Crippen LogP contribution in [0.3, 0.4) is 0 Å². The molecule has 0 bridgehead atoms. The van der Waals surface area contributed by atoms with E-state index in [-0.39, 0.29) is 23.1 Å². The third kappa shape index (κ3) is 4.04. The number of aromatic nitrogens is 2. The number of likely N-dealkylation sites (tertiary alicyclic amines) is 1. The van der Waals surface area contributed by atoms with E-state index >= 15 is 0 Å². The molecule has 23 heavy (non-hydrogen) atoms. The minimum Gasteiger partial charge on any atom is -0.349 e. The molecule has 2 N–H and O–H groups in total. The molecule has 0 aliphatic carbocycles. The van der Waals surface area contributed by atoms with Gasteiger partial charge in [-0.15, -0.1) is 0 Å². The van der Waals surface area contributed by atoms with E-state index < -0.39 is 0 Å². The highest BCUT2D eigenvalue weighted by atomic mass is 16.2. The van der Waals surface area contributed by atoms with Crippen molar-refractivity contribution in [1.82, 2.24) is 20.2 Å². The van der Waals surface area contributed by atoms with E-state index in [4.69, 9.17) is 0 Å². The Balaban J connectivity index is 1.50. The van der Waals surface area contributed by atoms with E-state index in [2.05, 4.69) is 20.2 Å². The molecule has 2 aromatic rings. The lowest BCUT2D eigenvalue weighted by molar-refractivity contribution is 0.0907. The van der Waals surface area contributed by atoms with Crippen molar-refractivity contribution in [3.05, 3.63) is 64.3 Å². The molecule has 0 atom stereocenters. The number of pyridine rings is 2. The first-order chi connectivity index (χ1) is 11.2. The zero-order valence-electron chi connectivity index (χ0n) is 12.9. The third-order valence-corrected chi connectivity index (χ3v) is 4.14. The van der Waals surface area contributed by atoms with Gasteiger partial charge < -0.3 is 10.3 Å². The topological polar surface area (TPSA) is 78.1 Å². The molecule has 2 aromatic heterocycles. The number of carbonyl (C=O) groups excluding carboxylic acids is 1. The zero-order chi connectivity index (χ0) is 16.1. The number of nitrogens with one attached hydrogen (secondary N) is 2. The molecule has 0 radical (unpaired) electrons. The predicted octanol–water partition coefficient (Wildman–Crippen LogP) is 1.16. The molecule has 1 fully saturated rings. The van der Waals surface area contributed by atoms with Gasteiger partial charge in [0.05, 0.1) is 0 Å². The monoisotopic (exact) mass is 312 g/mol. The summed E-state index contributed by atoms with van der Waals surface area (Å²) in [7, 11) is 0. The predicted molar refractivity (Wildman–Crippen MR) is 87.1 cm³/mol. The van der Waals surface area contributed by atoms with Gasteiger partial charge in [-0.3, -0.25) is 19.5 Å². The fourth-order valence-corrected chi connectivity index (χ4v) is 2.85. The van der Waals surface area contributed by atoms with Crippen LogP contribution in [0.15, 0.2) is 47.7 Å². The van der Waals surface area contributed by atoms with Crippen LogP contribution in [-0.2, 0) is 6.54 Å². The highest BCUT2D eigenvalue weighted by Crippen LogP contribution is 2.13. The average Bonchev–Trinajstić information content (AvgIpc) is 2.58. The van der Waals surface area contributed by atoms with E-state index in [1.165, 1.54) is 11.8 Å². The van der Waals surface area contributed by atoms with E-state index in [0.717, 1.165) is 32.5 Å². The van der Waals surface area contributed by atoms with Gasteiger partial charge in [0.2, 0.25) is 0 Å². The lowest BCUT2D eigenvalue weighted by Gasteiger charge is -2.32. The Morgan fingerprint density at radius 3 is 2.70 bits per heavy atom.